The zero-order valence-corrected chi connectivity index (χ0v) is 15.2. The average molecular weight is 350 g/mol. The van der Waals surface area contributed by atoms with Crippen molar-refractivity contribution in [2.75, 3.05) is 24.3 Å². The van der Waals surface area contributed by atoms with Crippen LogP contribution in [0.1, 0.15) is 17.7 Å². The standard InChI is InChI=1S/C20H22N4O2/c1-13-12-22-20-15(7-5-8-16(20)26-3)19(13)21-11-10-18(25)24-17-9-4-6-14(2)23-17/h4-9,12H,10-11H2,1-3H3,(H,21,22)(H,23,24,25). The van der Waals surface area contributed by atoms with Crippen molar-refractivity contribution in [2.45, 2.75) is 20.3 Å². The first kappa shape index (κ1) is 17.7. The second kappa shape index (κ2) is 7.82. The number of pyridine rings is 2. The SMILES string of the molecule is COc1cccc2c(NCCC(=O)Nc3cccc(C)n3)c(C)cnc12. The lowest BCUT2D eigenvalue weighted by Crippen LogP contribution is -2.17. The highest BCUT2D eigenvalue weighted by Crippen LogP contribution is 2.31. The van der Waals surface area contributed by atoms with Gasteiger partial charge in [-0.15, -0.1) is 0 Å². The molecular weight excluding hydrogens is 328 g/mol. The molecule has 0 radical (unpaired) electrons. The predicted molar refractivity (Wildman–Crippen MR) is 104 cm³/mol. The third-order valence-corrected chi connectivity index (χ3v) is 4.08. The van der Waals surface area contributed by atoms with E-state index in [9.17, 15) is 4.79 Å². The summed E-state index contributed by atoms with van der Waals surface area (Å²) in [5, 5.41) is 7.15. The lowest BCUT2D eigenvalue weighted by Gasteiger charge is -2.14. The van der Waals surface area contributed by atoms with Crippen molar-refractivity contribution in [3.05, 3.63) is 53.9 Å². The number of nitrogens with one attached hydrogen (secondary N) is 2. The number of aromatic nitrogens is 2. The minimum Gasteiger partial charge on any atom is -0.494 e. The smallest absolute Gasteiger partial charge is 0.227 e. The Morgan fingerprint density at radius 1 is 1.15 bits per heavy atom. The maximum atomic E-state index is 12.1. The van der Waals surface area contributed by atoms with Crippen LogP contribution < -0.4 is 15.4 Å². The second-order valence-corrected chi connectivity index (χ2v) is 6.06. The van der Waals surface area contributed by atoms with Gasteiger partial charge in [-0.1, -0.05) is 18.2 Å². The van der Waals surface area contributed by atoms with E-state index in [-0.39, 0.29) is 5.91 Å². The molecule has 0 aliphatic rings. The number of ether oxygens (including phenoxy) is 1. The number of hydrogen-bond acceptors (Lipinski definition) is 5. The lowest BCUT2D eigenvalue weighted by atomic mass is 10.1. The van der Waals surface area contributed by atoms with Crippen molar-refractivity contribution in [3.8, 4) is 5.75 Å². The molecule has 3 rings (SSSR count). The molecule has 6 nitrogen and oxygen atoms in total. The van der Waals surface area contributed by atoms with Crippen LogP contribution in [0.4, 0.5) is 11.5 Å². The Morgan fingerprint density at radius 3 is 2.73 bits per heavy atom. The molecule has 3 aromatic rings. The van der Waals surface area contributed by atoms with Crippen LogP contribution >= 0.6 is 0 Å². The van der Waals surface area contributed by atoms with Crippen LogP contribution in [0.3, 0.4) is 0 Å². The monoisotopic (exact) mass is 350 g/mol. The Hall–Kier alpha value is -3.15. The van der Waals surface area contributed by atoms with Gasteiger partial charge in [-0.05, 0) is 37.6 Å². The highest BCUT2D eigenvalue weighted by atomic mass is 16.5. The minimum atomic E-state index is -0.0794. The van der Waals surface area contributed by atoms with Gasteiger partial charge in [-0.3, -0.25) is 9.78 Å². The molecule has 0 spiro atoms. The summed E-state index contributed by atoms with van der Waals surface area (Å²) in [4.78, 5) is 20.9. The largest absolute Gasteiger partial charge is 0.494 e. The number of hydrogen-bond donors (Lipinski definition) is 2. The number of rotatable bonds is 6. The number of anilines is 2. The molecule has 0 saturated heterocycles. The summed E-state index contributed by atoms with van der Waals surface area (Å²) in [6.45, 7) is 4.39. The van der Waals surface area contributed by atoms with E-state index in [0.717, 1.165) is 33.6 Å². The maximum Gasteiger partial charge on any atom is 0.227 e. The zero-order chi connectivity index (χ0) is 18.5. The molecule has 0 saturated carbocycles. The summed E-state index contributed by atoms with van der Waals surface area (Å²) in [5.41, 5.74) is 3.66. The fourth-order valence-electron chi connectivity index (χ4n) is 2.81. The highest BCUT2D eigenvalue weighted by Gasteiger charge is 2.10. The van der Waals surface area contributed by atoms with Crippen molar-refractivity contribution in [3.63, 3.8) is 0 Å². The van der Waals surface area contributed by atoms with Gasteiger partial charge in [-0.2, -0.15) is 0 Å². The summed E-state index contributed by atoms with van der Waals surface area (Å²) in [6.07, 6.45) is 2.15. The summed E-state index contributed by atoms with van der Waals surface area (Å²) in [6, 6.07) is 11.4. The Balaban J connectivity index is 1.68. The molecule has 0 unspecified atom stereocenters. The molecule has 2 heterocycles. The van der Waals surface area contributed by atoms with Gasteiger partial charge in [0.25, 0.3) is 0 Å². The minimum absolute atomic E-state index is 0.0794. The quantitative estimate of drug-likeness (QED) is 0.709. The van der Waals surface area contributed by atoms with E-state index in [1.165, 1.54) is 0 Å². The number of fused-ring (bicyclic) bond motifs is 1. The topological polar surface area (TPSA) is 76.1 Å². The van der Waals surface area contributed by atoms with Gasteiger partial charge < -0.3 is 15.4 Å². The summed E-state index contributed by atoms with van der Waals surface area (Å²) in [5.74, 6) is 1.23. The molecule has 134 valence electrons. The molecule has 0 atom stereocenters. The fourth-order valence-corrected chi connectivity index (χ4v) is 2.81. The van der Waals surface area contributed by atoms with Crippen molar-refractivity contribution in [1.29, 1.82) is 0 Å². The van der Waals surface area contributed by atoms with Crippen LogP contribution in [0.15, 0.2) is 42.6 Å². The molecular formula is C20H22N4O2. The van der Waals surface area contributed by atoms with Crippen LogP contribution in [-0.4, -0.2) is 29.5 Å². The number of carbonyl (C=O) groups is 1. The highest BCUT2D eigenvalue weighted by molar-refractivity contribution is 5.96. The van der Waals surface area contributed by atoms with Crippen molar-refractivity contribution in [2.24, 2.45) is 0 Å². The third kappa shape index (κ3) is 3.91. The molecule has 2 aromatic heterocycles. The van der Waals surface area contributed by atoms with Crippen LogP contribution in [0.25, 0.3) is 10.9 Å². The first-order valence-electron chi connectivity index (χ1n) is 8.48. The number of benzene rings is 1. The van der Waals surface area contributed by atoms with Crippen LogP contribution in [0.5, 0.6) is 5.75 Å². The summed E-state index contributed by atoms with van der Waals surface area (Å²) >= 11 is 0. The van der Waals surface area contributed by atoms with Gasteiger partial charge in [0.05, 0.1) is 7.11 Å². The van der Waals surface area contributed by atoms with Gasteiger partial charge in [0.2, 0.25) is 5.91 Å². The first-order chi connectivity index (χ1) is 12.6. The van der Waals surface area contributed by atoms with Crippen molar-refractivity contribution >= 4 is 28.3 Å². The van der Waals surface area contributed by atoms with Gasteiger partial charge in [-0.25, -0.2) is 4.98 Å². The molecule has 26 heavy (non-hydrogen) atoms. The molecule has 0 aliphatic heterocycles. The molecule has 0 aliphatic carbocycles. The Kier molecular flexibility index (Phi) is 5.31. The number of amides is 1. The van der Waals surface area contributed by atoms with E-state index < -0.39 is 0 Å². The van der Waals surface area contributed by atoms with Crippen LogP contribution in [0.2, 0.25) is 0 Å². The zero-order valence-electron chi connectivity index (χ0n) is 15.2. The molecule has 1 amide bonds. The fraction of sp³-hybridized carbons (Fsp3) is 0.250. The first-order valence-corrected chi connectivity index (χ1v) is 8.48. The molecule has 6 heteroatoms. The molecule has 0 fully saturated rings. The average Bonchev–Trinajstić information content (AvgIpc) is 2.63. The number of para-hydroxylation sites is 1. The maximum absolute atomic E-state index is 12.1. The van der Waals surface area contributed by atoms with Crippen molar-refractivity contribution in [1.82, 2.24) is 9.97 Å². The van der Waals surface area contributed by atoms with E-state index in [4.69, 9.17) is 4.74 Å². The number of nitrogens with zero attached hydrogens (tertiary/aromatic N) is 2. The van der Waals surface area contributed by atoms with Crippen LogP contribution in [-0.2, 0) is 4.79 Å². The van der Waals surface area contributed by atoms with E-state index >= 15 is 0 Å². The number of aryl methyl sites for hydroxylation is 2. The Bertz CT molecular complexity index is 940. The lowest BCUT2D eigenvalue weighted by molar-refractivity contribution is -0.116. The van der Waals surface area contributed by atoms with Gasteiger partial charge in [0.15, 0.2) is 0 Å². The van der Waals surface area contributed by atoms with Gasteiger partial charge >= 0.3 is 0 Å². The Labute approximate surface area is 152 Å². The van der Waals surface area contributed by atoms with E-state index in [1.807, 2.05) is 50.4 Å². The predicted octanol–water partition coefficient (Wildman–Crippen LogP) is 3.70. The normalized spacial score (nSPS) is 10.6. The van der Waals surface area contributed by atoms with E-state index in [1.54, 1.807) is 13.2 Å². The summed E-state index contributed by atoms with van der Waals surface area (Å²) < 4.78 is 5.38. The summed E-state index contributed by atoms with van der Waals surface area (Å²) in [7, 11) is 1.63. The van der Waals surface area contributed by atoms with Gasteiger partial charge in [0.1, 0.15) is 17.1 Å². The second-order valence-electron chi connectivity index (χ2n) is 6.06. The third-order valence-electron chi connectivity index (χ3n) is 4.08. The van der Waals surface area contributed by atoms with Crippen LogP contribution in [0, 0.1) is 13.8 Å². The Morgan fingerprint density at radius 2 is 1.96 bits per heavy atom. The van der Waals surface area contributed by atoms with E-state index in [0.29, 0.717) is 18.8 Å². The number of carbonyl (C=O) groups excluding carboxylic acids is 1. The molecule has 0 bridgehead atoms. The number of methoxy groups -OCH3 is 1. The molecule has 1 aromatic carbocycles. The van der Waals surface area contributed by atoms with Crippen molar-refractivity contribution < 1.29 is 9.53 Å². The molecule has 2 N–H and O–H groups in total. The van der Waals surface area contributed by atoms with E-state index in [2.05, 4.69) is 20.6 Å². The van der Waals surface area contributed by atoms with Gasteiger partial charge in [0, 0.05) is 35.9 Å².